The number of hydrogen-bond acceptors (Lipinski definition) is 4. The second-order valence-corrected chi connectivity index (χ2v) is 7.14. The molecule has 1 amide bonds. The van der Waals surface area contributed by atoms with E-state index in [2.05, 4.69) is 5.32 Å². The SMILES string of the molecule is O=C([O-])C[C@H](NC(=O)c1ccc(Cl)cc1)c1ccc(OC2CCCC2)cc1. The van der Waals surface area contributed by atoms with Gasteiger partial charge in [0, 0.05) is 23.0 Å². The fraction of sp³-hybridized carbons (Fsp3) is 0.333. The van der Waals surface area contributed by atoms with Crippen molar-refractivity contribution in [2.24, 2.45) is 0 Å². The maximum Gasteiger partial charge on any atom is 0.251 e. The summed E-state index contributed by atoms with van der Waals surface area (Å²) >= 11 is 5.83. The van der Waals surface area contributed by atoms with Crippen LogP contribution in [0.4, 0.5) is 0 Å². The highest BCUT2D eigenvalue weighted by Crippen LogP contribution is 2.26. The fourth-order valence-electron chi connectivity index (χ4n) is 3.24. The highest BCUT2D eigenvalue weighted by Gasteiger charge is 2.18. The van der Waals surface area contributed by atoms with Gasteiger partial charge in [-0.25, -0.2) is 0 Å². The first-order valence-electron chi connectivity index (χ1n) is 9.04. The number of aliphatic carboxylic acids is 1. The van der Waals surface area contributed by atoms with Gasteiger partial charge in [0.05, 0.1) is 12.1 Å². The summed E-state index contributed by atoms with van der Waals surface area (Å²) in [7, 11) is 0. The molecule has 2 aromatic carbocycles. The Kier molecular flexibility index (Phi) is 6.35. The molecule has 142 valence electrons. The van der Waals surface area contributed by atoms with Gasteiger partial charge in [0.15, 0.2) is 0 Å². The van der Waals surface area contributed by atoms with Crippen LogP contribution >= 0.6 is 11.6 Å². The molecule has 0 unspecified atom stereocenters. The van der Waals surface area contributed by atoms with E-state index in [1.807, 2.05) is 12.1 Å². The lowest BCUT2D eigenvalue weighted by atomic mass is 10.0. The topological polar surface area (TPSA) is 78.5 Å². The number of carbonyl (C=O) groups is 2. The lowest BCUT2D eigenvalue weighted by Gasteiger charge is -2.21. The van der Waals surface area contributed by atoms with Crippen molar-refractivity contribution in [3.63, 3.8) is 0 Å². The quantitative estimate of drug-likeness (QED) is 0.792. The average Bonchev–Trinajstić information content (AvgIpc) is 3.15. The van der Waals surface area contributed by atoms with Crippen molar-refractivity contribution < 1.29 is 19.4 Å². The first-order valence-corrected chi connectivity index (χ1v) is 9.42. The van der Waals surface area contributed by atoms with Gasteiger partial charge in [-0.2, -0.15) is 0 Å². The van der Waals surface area contributed by atoms with Crippen LogP contribution in [0.15, 0.2) is 48.5 Å². The van der Waals surface area contributed by atoms with Crippen LogP contribution in [-0.4, -0.2) is 18.0 Å². The third kappa shape index (κ3) is 5.47. The van der Waals surface area contributed by atoms with Crippen molar-refractivity contribution in [3.8, 4) is 5.75 Å². The van der Waals surface area contributed by atoms with E-state index in [1.165, 1.54) is 12.8 Å². The lowest BCUT2D eigenvalue weighted by molar-refractivity contribution is -0.306. The molecule has 1 fully saturated rings. The van der Waals surface area contributed by atoms with Gasteiger partial charge in [-0.05, 0) is 67.6 Å². The summed E-state index contributed by atoms with van der Waals surface area (Å²) in [6.07, 6.45) is 4.43. The molecule has 0 radical (unpaired) electrons. The van der Waals surface area contributed by atoms with Gasteiger partial charge < -0.3 is 20.0 Å². The number of carboxylic acids is 1. The van der Waals surface area contributed by atoms with E-state index in [0.717, 1.165) is 18.6 Å². The molecule has 27 heavy (non-hydrogen) atoms. The van der Waals surface area contributed by atoms with Crippen molar-refractivity contribution in [1.82, 2.24) is 5.32 Å². The molecule has 0 aromatic heterocycles. The summed E-state index contributed by atoms with van der Waals surface area (Å²) in [5, 5.41) is 14.4. The van der Waals surface area contributed by atoms with Crippen molar-refractivity contribution >= 4 is 23.5 Å². The normalized spacial score (nSPS) is 15.3. The zero-order chi connectivity index (χ0) is 19.2. The Hall–Kier alpha value is -2.53. The van der Waals surface area contributed by atoms with E-state index in [1.54, 1.807) is 36.4 Å². The molecule has 1 aliphatic rings. The number of carbonyl (C=O) groups excluding carboxylic acids is 2. The van der Waals surface area contributed by atoms with Gasteiger partial charge in [-0.3, -0.25) is 4.79 Å². The monoisotopic (exact) mass is 386 g/mol. The fourth-order valence-corrected chi connectivity index (χ4v) is 3.37. The molecule has 0 heterocycles. The van der Waals surface area contributed by atoms with Crippen molar-refractivity contribution in [1.29, 1.82) is 0 Å². The molecule has 1 atom stereocenters. The van der Waals surface area contributed by atoms with E-state index in [0.29, 0.717) is 16.1 Å². The highest BCUT2D eigenvalue weighted by molar-refractivity contribution is 6.30. The molecule has 3 rings (SSSR count). The van der Waals surface area contributed by atoms with Crippen LogP contribution in [0.1, 0.15) is 54.1 Å². The van der Waals surface area contributed by atoms with Crippen LogP contribution < -0.4 is 15.2 Å². The van der Waals surface area contributed by atoms with Gasteiger partial charge in [0.2, 0.25) is 0 Å². The minimum absolute atomic E-state index is 0.250. The smallest absolute Gasteiger partial charge is 0.251 e. The Morgan fingerprint density at radius 2 is 1.70 bits per heavy atom. The number of halogens is 1. The first kappa shape index (κ1) is 19.2. The molecule has 6 heteroatoms. The second kappa shape index (κ2) is 8.91. The molecule has 1 N–H and O–H groups in total. The number of ether oxygens (including phenoxy) is 1. The zero-order valence-electron chi connectivity index (χ0n) is 14.8. The maximum absolute atomic E-state index is 12.4. The molecular weight excluding hydrogens is 366 g/mol. The third-order valence-corrected chi connectivity index (χ3v) is 4.92. The van der Waals surface area contributed by atoms with Gasteiger partial charge in [0.25, 0.3) is 5.91 Å². The summed E-state index contributed by atoms with van der Waals surface area (Å²) < 4.78 is 5.92. The van der Waals surface area contributed by atoms with Crippen LogP contribution in [0.25, 0.3) is 0 Å². The molecular formula is C21H21ClNO4-. The Morgan fingerprint density at radius 3 is 2.30 bits per heavy atom. The standard InChI is InChI=1S/C21H22ClNO4/c22-16-9-5-15(6-10-16)21(26)23-19(13-20(24)25)14-7-11-18(12-8-14)27-17-3-1-2-4-17/h5-12,17,19H,1-4,13H2,(H,23,26)(H,24,25)/p-1/t19-/m0/s1. The van der Waals surface area contributed by atoms with E-state index >= 15 is 0 Å². The Morgan fingerprint density at radius 1 is 1.07 bits per heavy atom. The number of benzene rings is 2. The molecule has 0 bridgehead atoms. The number of nitrogens with one attached hydrogen (secondary N) is 1. The largest absolute Gasteiger partial charge is 0.550 e. The number of carboxylic acid groups (broad SMARTS) is 1. The van der Waals surface area contributed by atoms with Gasteiger partial charge in [-0.15, -0.1) is 0 Å². The summed E-state index contributed by atoms with van der Waals surface area (Å²) in [6, 6.07) is 12.9. The van der Waals surface area contributed by atoms with Crippen LogP contribution in [0.3, 0.4) is 0 Å². The number of rotatable bonds is 7. The Balaban J connectivity index is 1.70. The van der Waals surface area contributed by atoms with Gasteiger partial charge in [-0.1, -0.05) is 23.7 Å². The molecule has 0 aliphatic heterocycles. The third-order valence-electron chi connectivity index (χ3n) is 4.67. The molecule has 0 spiro atoms. The van der Waals surface area contributed by atoms with Crippen molar-refractivity contribution in [2.45, 2.75) is 44.2 Å². The summed E-state index contributed by atoms with van der Waals surface area (Å²) in [4.78, 5) is 23.6. The molecule has 5 nitrogen and oxygen atoms in total. The second-order valence-electron chi connectivity index (χ2n) is 6.70. The van der Waals surface area contributed by atoms with E-state index in [4.69, 9.17) is 16.3 Å². The Labute approximate surface area is 163 Å². The molecule has 1 aliphatic carbocycles. The average molecular weight is 387 g/mol. The summed E-state index contributed by atoms with van der Waals surface area (Å²) in [5.74, 6) is -0.853. The minimum Gasteiger partial charge on any atom is -0.550 e. The number of amides is 1. The van der Waals surface area contributed by atoms with E-state index in [9.17, 15) is 14.7 Å². The van der Waals surface area contributed by atoms with Crippen LogP contribution in [-0.2, 0) is 4.79 Å². The number of hydrogen-bond donors (Lipinski definition) is 1. The zero-order valence-corrected chi connectivity index (χ0v) is 15.6. The van der Waals surface area contributed by atoms with Crippen LogP contribution in [0.5, 0.6) is 5.75 Å². The molecule has 2 aromatic rings. The lowest BCUT2D eigenvalue weighted by Crippen LogP contribution is -2.34. The maximum atomic E-state index is 12.4. The van der Waals surface area contributed by atoms with E-state index < -0.39 is 12.0 Å². The van der Waals surface area contributed by atoms with Crippen molar-refractivity contribution in [3.05, 3.63) is 64.7 Å². The predicted molar refractivity (Wildman–Crippen MR) is 101 cm³/mol. The predicted octanol–water partition coefficient (Wildman–Crippen LogP) is 3.27. The minimum atomic E-state index is -1.23. The Bertz CT molecular complexity index is 783. The van der Waals surface area contributed by atoms with Gasteiger partial charge in [0.1, 0.15) is 5.75 Å². The van der Waals surface area contributed by atoms with Gasteiger partial charge >= 0.3 is 0 Å². The summed E-state index contributed by atoms with van der Waals surface area (Å²) in [6.45, 7) is 0. The molecule has 1 saturated carbocycles. The molecule has 0 saturated heterocycles. The first-order chi connectivity index (χ1) is 13.0. The highest BCUT2D eigenvalue weighted by atomic mass is 35.5. The van der Waals surface area contributed by atoms with E-state index in [-0.39, 0.29) is 18.4 Å². The van der Waals surface area contributed by atoms with Crippen LogP contribution in [0, 0.1) is 0 Å². The van der Waals surface area contributed by atoms with Crippen molar-refractivity contribution in [2.75, 3.05) is 0 Å². The summed E-state index contributed by atoms with van der Waals surface area (Å²) in [5.41, 5.74) is 1.09. The van der Waals surface area contributed by atoms with Crippen LogP contribution in [0.2, 0.25) is 5.02 Å².